The number of hydrogen-bond donors (Lipinski definition) is 0. The van der Waals surface area contributed by atoms with Crippen LogP contribution in [0.5, 0.6) is 5.75 Å². The first-order valence-electron chi connectivity index (χ1n) is 6.03. The molecule has 3 nitrogen and oxygen atoms in total. The third kappa shape index (κ3) is 3.01. The molecule has 2 aromatic carbocycles. The lowest BCUT2D eigenvalue weighted by atomic mass is 10.1. The number of Topliss-reactive ketones (excluding diaryl/α,β-unsaturated/α-hetero) is 1. The van der Waals surface area contributed by atoms with Gasteiger partial charge < -0.3 is 4.74 Å². The van der Waals surface area contributed by atoms with E-state index in [1.807, 2.05) is 6.07 Å². The van der Waals surface area contributed by atoms with Gasteiger partial charge in [-0.2, -0.15) is 5.26 Å². The van der Waals surface area contributed by atoms with Gasteiger partial charge in [0.05, 0.1) is 17.2 Å². The lowest BCUT2D eigenvalue weighted by Gasteiger charge is -2.10. The number of halogens is 1. The highest BCUT2D eigenvalue weighted by molar-refractivity contribution is 5.96. The van der Waals surface area contributed by atoms with E-state index in [0.29, 0.717) is 16.9 Å². The molecule has 0 amide bonds. The summed E-state index contributed by atoms with van der Waals surface area (Å²) in [6.07, 6.45) is 0. The van der Waals surface area contributed by atoms with Gasteiger partial charge >= 0.3 is 0 Å². The summed E-state index contributed by atoms with van der Waals surface area (Å²) in [5.74, 6) is -0.186. The summed E-state index contributed by atoms with van der Waals surface area (Å²) in [5.41, 5.74) is 1.05. The van der Waals surface area contributed by atoms with Crippen molar-refractivity contribution in [3.05, 3.63) is 65.0 Å². The Balaban J connectivity index is 2.18. The summed E-state index contributed by atoms with van der Waals surface area (Å²) >= 11 is 0. The van der Waals surface area contributed by atoms with Crippen molar-refractivity contribution in [2.24, 2.45) is 0 Å². The van der Waals surface area contributed by atoms with Crippen molar-refractivity contribution in [3.8, 4) is 11.8 Å². The Morgan fingerprint density at radius 1 is 1.30 bits per heavy atom. The van der Waals surface area contributed by atoms with E-state index in [4.69, 9.17) is 10.00 Å². The first kappa shape index (κ1) is 13.8. The zero-order chi connectivity index (χ0) is 14.5. The molecule has 0 spiro atoms. The number of hydrogen-bond acceptors (Lipinski definition) is 3. The number of ether oxygens (including phenoxy) is 1. The van der Waals surface area contributed by atoms with E-state index < -0.39 is 5.82 Å². The van der Waals surface area contributed by atoms with Gasteiger partial charge in [-0.3, -0.25) is 4.79 Å². The summed E-state index contributed by atoms with van der Waals surface area (Å²) in [4.78, 5) is 11.4. The molecule has 100 valence electrons. The number of benzene rings is 2. The Hall–Kier alpha value is -2.67. The van der Waals surface area contributed by atoms with Gasteiger partial charge in [0.25, 0.3) is 0 Å². The average Bonchev–Trinajstić information content (AvgIpc) is 2.46. The minimum absolute atomic E-state index is 0.00182. The van der Waals surface area contributed by atoms with Crippen molar-refractivity contribution in [2.75, 3.05) is 0 Å². The first-order chi connectivity index (χ1) is 9.61. The molecule has 0 aliphatic carbocycles. The number of nitrogens with zero attached hydrogens (tertiary/aromatic N) is 1. The number of rotatable bonds is 4. The van der Waals surface area contributed by atoms with Crippen molar-refractivity contribution in [1.29, 1.82) is 5.26 Å². The molecule has 0 saturated heterocycles. The van der Waals surface area contributed by atoms with Crippen LogP contribution in [-0.2, 0) is 6.61 Å². The van der Waals surface area contributed by atoms with E-state index in [1.165, 1.54) is 19.1 Å². The Kier molecular flexibility index (Phi) is 4.11. The van der Waals surface area contributed by atoms with Crippen LogP contribution in [0.15, 0.2) is 42.5 Å². The largest absolute Gasteiger partial charge is 0.488 e. The molecule has 0 aliphatic heterocycles. The predicted octanol–water partition coefficient (Wildman–Crippen LogP) is 3.48. The second kappa shape index (κ2) is 5.98. The molecule has 0 heterocycles. The normalized spacial score (nSPS) is 9.85. The topological polar surface area (TPSA) is 50.1 Å². The molecule has 0 N–H and O–H groups in total. The maximum absolute atomic E-state index is 13.7. The molecule has 0 bridgehead atoms. The van der Waals surface area contributed by atoms with Crippen LogP contribution in [0.3, 0.4) is 0 Å². The molecule has 4 heteroatoms. The van der Waals surface area contributed by atoms with Gasteiger partial charge in [-0.15, -0.1) is 0 Å². The van der Waals surface area contributed by atoms with Crippen LogP contribution in [0.25, 0.3) is 0 Å². The summed E-state index contributed by atoms with van der Waals surface area (Å²) in [6, 6.07) is 12.9. The molecular formula is C16H12FNO2. The second-order valence-electron chi connectivity index (χ2n) is 4.26. The minimum Gasteiger partial charge on any atom is -0.488 e. The summed E-state index contributed by atoms with van der Waals surface area (Å²) in [6.45, 7) is 1.45. The molecule has 0 unspecified atom stereocenters. The minimum atomic E-state index is -0.496. The van der Waals surface area contributed by atoms with Crippen LogP contribution in [0.4, 0.5) is 4.39 Å². The zero-order valence-electron chi connectivity index (χ0n) is 10.9. The summed E-state index contributed by atoms with van der Waals surface area (Å²) in [5, 5.41) is 8.67. The SMILES string of the molecule is CC(=O)c1ccccc1OCc1ccc(C#N)cc1F. The third-order valence-corrected chi connectivity index (χ3v) is 2.83. The quantitative estimate of drug-likeness (QED) is 0.798. The van der Waals surface area contributed by atoms with Gasteiger partial charge in [0.1, 0.15) is 18.2 Å². The van der Waals surface area contributed by atoms with Gasteiger partial charge in [-0.1, -0.05) is 18.2 Å². The second-order valence-corrected chi connectivity index (χ2v) is 4.26. The van der Waals surface area contributed by atoms with Gasteiger partial charge in [-0.05, 0) is 31.2 Å². The highest BCUT2D eigenvalue weighted by Crippen LogP contribution is 2.20. The molecule has 0 aromatic heterocycles. The molecule has 2 rings (SSSR count). The van der Waals surface area contributed by atoms with Crippen LogP contribution >= 0.6 is 0 Å². The van der Waals surface area contributed by atoms with E-state index in [2.05, 4.69) is 0 Å². The molecule has 0 fully saturated rings. The number of carbonyl (C=O) groups excluding carboxylic acids is 1. The van der Waals surface area contributed by atoms with Crippen LogP contribution in [0.1, 0.15) is 28.4 Å². The van der Waals surface area contributed by atoms with Gasteiger partial charge in [0.15, 0.2) is 5.78 Å². The smallest absolute Gasteiger partial charge is 0.163 e. The van der Waals surface area contributed by atoms with Gasteiger partial charge in [0.2, 0.25) is 0 Å². The van der Waals surface area contributed by atoms with E-state index in [1.54, 1.807) is 24.3 Å². The van der Waals surface area contributed by atoms with Crippen molar-refractivity contribution in [2.45, 2.75) is 13.5 Å². The predicted molar refractivity (Wildman–Crippen MR) is 71.9 cm³/mol. The zero-order valence-corrected chi connectivity index (χ0v) is 10.9. The number of para-hydroxylation sites is 1. The Bertz CT molecular complexity index is 689. The van der Waals surface area contributed by atoms with Crippen LogP contribution < -0.4 is 4.74 Å². The molecule has 0 radical (unpaired) electrons. The Labute approximate surface area is 116 Å². The van der Waals surface area contributed by atoms with Crippen molar-refractivity contribution in [1.82, 2.24) is 0 Å². The van der Waals surface area contributed by atoms with Crippen LogP contribution in [0.2, 0.25) is 0 Å². The molecule has 0 aliphatic rings. The fourth-order valence-electron chi connectivity index (χ4n) is 1.77. The third-order valence-electron chi connectivity index (χ3n) is 2.83. The lowest BCUT2D eigenvalue weighted by Crippen LogP contribution is -2.03. The molecule has 2 aromatic rings. The number of ketones is 1. The molecule has 0 saturated carbocycles. The maximum atomic E-state index is 13.7. The highest BCUT2D eigenvalue weighted by atomic mass is 19.1. The van der Waals surface area contributed by atoms with Gasteiger partial charge in [-0.25, -0.2) is 4.39 Å². The van der Waals surface area contributed by atoms with Crippen molar-refractivity contribution in [3.63, 3.8) is 0 Å². The van der Waals surface area contributed by atoms with Gasteiger partial charge in [0, 0.05) is 5.56 Å². The van der Waals surface area contributed by atoms with E-state index in [9.17, 15) is 9.18 Å². The average molecular weight is 269 g/mol. The lowest BCUT2D eigenvalue weighted by molar-refractivity contribution is 0.101. The monoisotopic (exact) mass is 269 g/mol. The standard InChI is InChI=1S/C16H12FNO2/c1-11(19)14-4-2-3-5-16(14)20-10-13-7-6-12(9-18)8-15(13)17/h2-8H,10H2,1H3. The maximum Gasteiger partial charge on any atom is 0.163 e. The number of carbonyl (C=O) groups is 1. The highest BCUT2D eigenvalue weighted by Gasteiger charge is 2.09. The Morgan fingerprint density at radius 2 is 2.05 bits per heavy atom. The van der Waals surface area contributed by atoms with Crippen molar-refractivity contribution < 1.29 is 13.9 Å². The molecule has 20 heavy (non-hydrogen) atoms. The first-order valence-corrected chi connectivity index (χ1v) is 6.03. The molecular weight excluding hydrogens is 257 g/mol. The van der Waals surface area contributed by atoms with Crippen LogP contribution in [0, 0.1) is 17.1 Å². The van der Waals surface area contributed by atoms with E-state index >= 15 is 0 Å². The fraction of sp³-hybridized carbons (Fsp3) is 0.125. The summed E-state index contributed by atoms with van der Waals surface area (Å²) in [7, 11) is 0. The van der Waals surface area contributed by atoms with Crippen LogP contribution in [-0.4, -0.2) is 5.78 Å². The summed E-state index contributed by atoms with van der Waals surface area (Å²) < 4.78 is 19.2. The Morgan fingerprint density at radius 3 is 2.70 bits per heavy atom. The number of nitriles is 1. The molecule has 0 atom stereocenters. The van der Waals surface area contributed by atoms with E-state index in [0.717, 1.165) is 6.07 Å². The van der Waals surface area contributed by atoms with E-state index in [-0.39, 0.29) is 18.0 Å². The van der Waals surface area contributed by atoms with Crippen molar-refractivity contribution >= 4 is 5.78 Å². The fourth-order valence-corrected chi connectivity index (χ4v) is 1.77.